The van der Waals surface area contributed by atoms with Crippen LogP contribution in [0.2, 0.25) is 0 Å². The molecule has 1 aliphatic rings. The summed E-state index contributed by atoms with van der Waals surface area (Å²) in [5.74, 6) is 0.634. The molecule has 2 aromatic heterocycles. The highest BCUT2D eigenvalue weighted by molar-refractivity contribution is 14.0. The van der Waals surface area contributed by atoms with Crippen LogP contribution in [-0.4, -0.2) is 53.6 Å². The van der Waals surface area contributed by atoms with E-state index in [1.54, 1.807) is 17.5 Å². The second-order valence-electron chi connectivity index (χ2n) is 5.10. The molecule has 23 heavy (non-hydrogen) atoms. The van der Waals surface area contributed by atoms with Gasteiger partial charge in [-0.15, -0.1) is 35.3 Å². The van der Waals surface area contributed by atoms with Gasteiger partial charge in [-0.1, -0.05) is 6.07 Å². The zero-order valence-electron chi connectivity index (χ0n) is 12.8. The first-order valence-electron chi connectivity index (χ1n) is 7.42. The maximum Gasteiger partial charge on any atom is 0.191 e. The van der Waals surface area contributed by atoms with Crippen molar-refractivity contribution < 1.29 is 0 Å². The number of hydrogen-bond acceptors (Lipinski definition) is 5. The average Bonchev–Trinajstić information content (AvgIpc) is 3.10. The maximum absolute atomic E-state index is 6.10. The second kappa shape index (κ2) is 9.02. The van der Waals surface area contributed by atoms with Crippen molar-refractivity contribution in [3.63, 3.8) is 0 Å². The van der Waals surface area contributed by atoms with Gasteiger partial charge in [0, 0.05) is 62.6 Å². The molecule has 0 aromatic carbocycles. The third kappa shape index (κ3) is 5.03. The van der Waals surface area contributed by atoms with Crippen molar-refractivity contribution in [1.82, 2.24) is 14.9 Å². The van der Waals surface area contributed by atoms with Crippen molar-refractivity contribution >= 4 is 46.4 Å². The van der Waals surface area contributed by atoms with Crippen LogP contribution in [0, 0.1) is 0 Å². The first-order chi connectivity index (χ1) is 10.8. The normalized spacial score (nSPS) is 15.4. The Morgan fingerprint density at radius 1 is 1.17 bits per heavy atom. The molecule has 3 heterocycles. The topological polar surface area (TPSA) is 70.6 Å². The van der Waals surface area contributed by atoms with E-state index in [0.717, 1.165) is 43.4 Å². The number of hydrogen-bond donors (Lipinski definition) is 1. The van der Waals surface area contributed by atoms with Gasteiger partial charge in [-0.25, -0.2) is 4.98 Å². The van der Waals surface area contributed by atoms with Crippen molar-refractivity contribution in [2.24, 2.45) is 10.7 Å². The number of aliphatic imine (C=N–C) groups is 1. The Morgan fingerprint density at radius 2 is 2.00 bits per heavy atom. The summed E-state index contributed by atoms with van der Waals surface area (Å²) >= 11 is 1.68. The van der Waals surface area contributed by atoms with E-state index >= 15 is 0 Å². The SMILES string of the molecule is I.NC(=NCCc1ccccn1)N1CCN(c2nccs2)CC1. The van der Waals surface area contributed by atoms with E-state index in [4.69, 9.17) is 5.73 Å². The summed E-state index contributed by atoms with van der Waals surface area (Å²) < 4.78 is 0. The summed E-state index contributed by atoms with van der Waals surface area (Å²) in [5.41, 5.74) is 7.15. The van der Waals surface area contributed by atoms with E-state index < -0.39 is 0 Å². The Balaban J connectivity index is 0.00000192. The Labute approximate surface area is 157 Å². The lowest BCUT2D eigenvalue weighted by molar-refractivity contribution is 0.380. The zero-order valence-corrected chi connectivity index (χ0v) is 16.0. The van der Waals surface area contributed by atoms with Gasteiger partial charge in [0.25, 0.3) is 0 Å². The summed E-state index contributed by atoms with van der Waals surface area (Å²) in [6.45, 7) is 4.32. The van der Waals surface area contributed by atoms with Crippen LogP contribution in [0.1, 0.15) is 5.69 Å². The minimum atomic E-state index is 0. The van der Waals surface area contributed by atoms with Crippen LogP contribution in [0.3, 0.4) is 0 Å². The van der Waals surface area contributed by atoms with E-state index in [1.807, 2.05) is 29.8 Å². The van der Waals surface area contributed by atoms with Crippen molar-refractivity contribution in [2.45, 2.75) is 6.42 Å². The first kappa shape index (κ1) is 17.9. The molecule has 0 unspecified atom stereocenters. The molecule has 0 amide bonds. The van der Waals surface area contributed by atoms with Crippen LogP contribution in [0.25, 0.3) is 0 Å². The molecular formula is C15H21IN6S. The Hall–Kier alpha value is -1.42. The fourth-order valence-electron chi connectivity index (χ4n) is 2.43. The predicted molar refractivity (Wildman–Crippen MR) is 106 cm³/mol. The van der Waals surface area contributed by atoms with Crippen LogP contribution in [-0.2, 0) is 6.42 Å². The van der Waals surface area contributed by atoms with Gasteiger partial charge in [0.15, 0.2) is 11.1 Å². The number of pyridine rings is 1. The highest BCUT2D eigenvalue weighted by atomic mass is 127. The van der Waals surface area contributed by atoms with Gasteiger partial charge >= 0.3 is 0 Å². The quantitative estimate of drug-likeness (QED) is 0.443. The summed E-state index contributed by atoms with van der Waals surface area (Å²) in [7, 11) is 0. The molecule has 6 nitrogen and oxygen atoms in total. The monoisotopic (exact) mass is 444 g/mol. The molecular weight excluding hydrogens is 423 g/mol. The van der Waals surface area contributed by atoms with Gasteiger partial charge < -0.3 is 15.5 Å². The van der Waals surface area contributed by atoms with E-state index in [1.165, 1.54) is 0 Å². The number of guanidine groups is 1. The van der Waals surface area contributed by atoms with Gasteiger partial charge in [-0.3, -0.25) is 9.98 Å². The Kier molecular flexibility index (Phi) is 7.03. The molecule has 0 aliphatic carbocycles. The van der Waals surface area contributed by atoms with Gasteiger partial charge in [0.05, 0.1) is 0 Å². The van der Waals surface area contributed by atoms with Crippen LogP contribution < -0.4 is 10.6 Å². The van der Waals surface area contributed by atoms with Gasteiger partial charge in [0.1, 0.15) is 0 Å². The first-order valence-corrected chi connectivity index (χ1v) is 8.30. The number of thiazole rings is 1. The van der Waals surface area contributed by atoms with Crippen molar-refractivity contribution in [3.8, 4) is 0 Å². The number of halogens is 1. The molecule has 124 valence electrons. The van der Waals surface area contributed by atoms with Crippen molar-refractivity contribution in [1.29, 1.82) is 0 Å². The molecule has 0 atom stereocenters. The van der Waals surface area contributed by atoms with E-state index in [9.17, 15) is 0 Å². The lowest BCUT2D eigenvalue weighted by Gasteiger charge is -2.35. The number of nitrogens with two attached hydrogens (primary N) is 1. The van der Waals surface area contributed by atoms with Crippen molar-refractivity contribution in [2.75, 3.05) is 37.6 Å². The zero-order chi connectivity index (χ0) is 15.2. The van der Waals surface area contributed by atoms with Gasteiger partial charge in [-0.05, 0) is 12.1 Å². The summed E-state index contributed by atoms with van der Waals surface area (Å²) in [6.07, 6.45) is 4.47. The third-order valence-corrected chi connectivity index (χ3v) is 4.49. The van der Waals surface area contributed by atoms with E-state index in [2.05, 4.69) is 24.8 Å². The highest BCUT2D eigenvalue weighted by Gasteiger charge is 2.19. The lowest BCUT2D eigenvalue weighted by atomic mass is 10.3. The molecule has 2 aromatic rings. The predicted octanol–water partition coefficient (Wildman–Crippen LogP) is 1.84. The largest absolute Gasteiger partial charge is 0.370 e. The summed E-state index contributed by atoms with van der Waals surface area (Å²) in [6, 6.07) is 5.93. The average molecular weight is 444 g/mol. The van der Waals surface area contributed by atoms with Gasteiger partial charge in [0.2, 0.25) is 0 Å². The maximum atomic E-state index is 6.10. The number of piperazine rings is 1. The second-order valence-corrected chi connectivity index (χ2v) is 5.97. The van der Waals surface area contributed by atoms with Crippen molar-refractivity contribution in [3.05, 3.63) is 41.7 Å². The Morgan fingerprint density at radius 3 is 2.65 bits per heavy atom. The molecule has 0 spiro atoms. The van der Waals surface area contributed by atoms with E-state index in [0.29, 0.717) is 12.5 Å². The number of nitrogens with zero attached hydrogens (tertiary/aromatic N) is 5. The molecule has 0 bridgehead atoms. The molecule has 2 N–H and O–H groups in total. The molecule has 1 saturated heterocycles. The van der Waals surface area contributed by atoms with Crippen LogP contribution >= 0.6 is 35.3 Å². The summed E-state index contributed by atoms with van der Waals surface area (Å²) in [5, 5.41) is 3.10. The smallest absolute Gasteiger partial charge is 0.191 e. The molecule has 0 saturated carbocycles. The van der Waals surface area contributed by atoms with E-state index in [-0.39, 0.29) is 24.0 Å². The minimum Gasteiger partial charge on any atom is -0.370 e. The number of anilines is 1. The highest BCUT2D eigenvalue weighted by Crippen LogP contribution is 2.18. The molecule has 0 radical (unpaired) electrons. The van der Waals surface area contributed by atoms with Crippen LogP contribution in [0.15, 0.2) is 41.0 Å². The van der Waals surface area contributed by atoms with Crippen LogP contribution in [0.5, 0.6) is 0 Å². The molecule has 1 aliphatic heterocycles. The fraction of sp³-hybridized carbons (Fsp3) is 0.400. The molecule has 3 rings (SSSR count). The number of aromatic nitrogens is 2. The Bertz CT molecular complexity index is 596. The van der Waals surface area contributed by atoms with Gasteiger partial charge in [-0.2, -0.15) is 0 Å². The third-order valence-electron chi connectivity index (χ3n) is 3.66. The lowest BCUT2D eigenvalue weighted by Crippen LogP contribution is -2.51. The number of rotatable bonds is 4. The standard InChI is InChI=1S/C15H20N6S.HI/c16-14(18-6-4-13-3-1-2-5-17-13)20-8-10-21(11-9-20)15-19-7-12-22-15;/h1-3,5,7,12H,4,6,8-11H2,(H2,16,18);1H. The van der Waals surface area contributed by atoms with Crippen LogP contribution in [0.4, 0.5) is 5.13 Å². The molecule has 8 heteroatoms. The minimum absolute atomic E-state index is 0. The molecule has 1 fully saturated rings. The fourth-order valence-corrected chi connectivity index (χ4v) is 3.13. The summed E-state index contributed by atoms with van der Waals surface area (Å²) in [4.78, 5) is 17.6.